The van der Waals surface area contributed by atoms with Crippen LogP contribution in [-0.4, -0.2) is 145 Å². The first kappa shape index (κ1) is 51.2. The largest absolute Gasteiger partial charge is 0.478 e. The van der Waals surface area contributed by atoms with Gasteiger partial charge >= 0.3 is 5.97 Å². The fraction of sp³-hybridized carbons (Fsp3) is 0.333. The number of amides is 3. The van der Waals surface area contributed by atoms with E-state index in [4.69, 9.17) is 32.9 Å². The van der Waals surface area contributed by atoms with Crippen LogP contribution < -0.4 is 10.1 Å². The van der Waals surface area contributed by atoms with E-state index in [9.17, 15) is 33.1 Å². The van der Waals surface area contributed by atoms with Crippen LogP contribution in [0.1, 0.15) is 65.7 Å². The van der Waals surface area contributed by atoms with Crippen LogP contribution >= 0.6 is 45.9 Å². The summed E-state index contributed by atoms with van der Waals surface area (Å²) >= 11 is 14.5. The molecule has 4 aromatic heterocycles. The Morgan fingerprint density at radius 1 is 0.718 bits per heavy atom. The van der Waals surface area contributed by atoms with Gasteiger partial charge in [0.1, 0.15) is 12.5 Å². The highest BCUT2D eigenvalue weighted by Gasteiger charge is 2.28. The number of methoxy groups -OCH3 is 1. The second-order valence-corrected chi connectivity index (χ2v) is 19.3. The molecule has 2 aromatic carbocycles. The number of aromatic carboxylic acids is 1. The van der Waals surface area contributed by atoms with Gasteiger partial charge < -0.3 is 29.9 Å². The Bertz CT molecular complexity index is 2940. The highest BCUT2D eigenvalue weighted by Crippen LogP contribution is 2.25. The lowest BCUT2D eigenvalue weighted by molar-refractivity contribution is 0.0615. The van der Waals surface area contributed by atoms with E-state index in [2.05, 4.69) is 30.1 Å². The molecule has 0 aliphatic carbocycles. The Kier molecular flexibility index (Phi) is 17.2. The summed E-state index contributed by atoms with van der Waals surface area (Å²) in [6.45, 7) is 6.75. The number of benzene rings is 2. The van der Waals surface area contributed by atoms with Crippen molar-refractivity contribution in [3.8, 4) is 0 Å². The second kappa shape index (κ2) is 23.8. The number of rotatable bonds is 13. The van der Waals surface area contributed by atoms with Gasteiger partial charge in [0, 0.05) is 114 Å². The highest BCUT2D eigenvalue weighted by atomic mass is 35.5. The minimum atomic E-state index is -1.07. The second-order valence-electron chi connectivity index (χ2n) is 16.7. The predicted octanol–water partition coefficient (Wildman–Crippen LogP) is 7.50. The van der Waals surface area contributed by atoms with Gasteiger partial charge in [-0.3, -0.25) is 28.8 Å². The van der Waals surface area contributed by atoms with E-state index < -0.39 is 23.5 Å². The number of likely N-dealkylation sites (tertiary alicyclic amines) is 1. The highest BCUT2D eigenvalue weighted by molar-refractivity contribution is 7.13. The Morgan fingerprint density at radius 2 is 1.28 bits per heavy atom. The zero-order valence-corrected chi connectivity index (χ0v) is 41.6. The molecule has 0 atom stereocenters. The number of carbonyl (C=O) groups is 4. The van der Waals surface area contributed by atoms with E-state index in [1.807, 2.05) is 27.9 Å². The van der Waals surface area contributed by atoms with Crippen LogP contribution in [0.4, 0.5) is 25.5 Å². The van der Waals surface area contributed by atoms with Crippen LogP contribution in [0.5, 0.6) is 0 Å². The van der Waals surface area contributed by atoms with Gasteiger partial charge in [0.05, 0.1) is 38.1 Å². The molecule has 71 heavy (non-hydrogen) atoms. The Labute approximate surface area is 425 Å². The first-order chi connectivity index (χ1) is 34.3. The Hall–Kier alpha value is -6.20. The number of piperazine rings is 2. The maximum Gasteiger partial charge on any atom is 0.335 e. The Morgan fingerprint density at radius 3 is 1.83 bits per heavy atom. The monoisotopic (exact) mass is 1050 g/mol. The first-order valence-electron chi connectivity index (χ1n) is 22.6. The van der Waals surface area contributed by atoms with E-state index in [1.165, 1.54) is 59.1 Å². The van der Waals surface area contributed by atoms with Crippen molar-refractivity contribution in [3.05, 3.63) is 144 Å². The lowest BCUT2D eigenvalue weighted by atomic mass is 10.1. The van der Waals surface area contributed by atoms with Crippen LogP contribution in [-0.2, 0) is 24.6 Å². The molecule has 9 rings (SSSR count). The number of hydrogen-bond donors (Lipinski definition) is 2. The van der Waals surface area contributed by atoms with Gasteiger partial charge in [-0.05, 0) is 61.4 Å². The van der Waals surface area contributed by atoms with Crippen LogP contribution in [0.2, 0.25) is 10.0 Å². The van der Waals surface area contributed by atoms with Crippen LogP contribution in [0.3, 0.4) is 0 Å². The van der Waals surface area contributed by atoms with Crippen LogP contribution in [0.25, 0.3) is 0 Å². The number of pyridine rings is 2. The number of thiazole rings is 2. The molecule has 0 spiro atoms. The molecule has 0 saturated carbocycles. The maximum absolute atomic E-state index is 14.3. The molecule has 0 bridgehead atoms. The molecule has 3 fully saturated rings. The van der Waals surface area contributed by atoms with Gasteiger partial charge in [0.15, 0.2) is 27.4 Å². The molecule has 7 heterocycles. The third-order valence-electron chi connectivity index (χ3n) is 11.9. The third kappa shape index (κ3) is 13.0. The van der Waals surface area contributed by atoms with Crippen LogP contribution in [0, 0.1) is 11.6 Å². The van der Waals surface area contributed by atoms with E-state index in [0.29, 0.717) is 99.2 Å². The molecule has 6 aromatic rings. The molecule has 0 unspecified atom stereocenters. The Balaban J connectivity index is 0.000000191. The molecule has 3 aliphatic rings. The molecule has 17 nitrogen and oxygen atoms in total. The van der Waals surface area contributed by atoms with Crippen molar-refractivity contribution in [1.82, 2.24) is 44.0 Å². The van der Waals surface area contributed by atoms with Crippen molar-refractivity contribution in [2.75, 3.05) is 77.9 Å². The number of nitrogens with one attached hydrogen (secondary N) is 1. The number of ether oxygens (including phenoxy) is 1. The fourth-order valence-electron chi connectivity index (χ4n) is 8.26. The summed E-state index contributed by atoms with van der Waals surface area (Å²) in [5.41, 5.74) is 1.95. The topological polar surface area (TPSA) is 182 Å². The summed E-state index contributed by atoms with van der Waals surface area (Å²) in [5, 5.41) is 17.1. The number of nitrogens with zero attached hydrogens (tertiary/aromatic N) is 10. The van der Waals surface area contributed by atoms with Gasteiger partial charge in [-0.25, -0.2) is 33.5 Å². The summed E-state index contributed by atoms with van der Waals surface area (Å²) in [4.78, 5) is 78.4. The zero-order valence-electron chi connectivity index (χ0n) is 38.5. The van der Waals surface area contributed by atoms with Crippen LogP contribution in [0.15, 0.2) is 88.8 Å². The SMILES string of the molecule is COCn1ccsc1=Nc1cc(C(=O)O)cc(CN2CCN(C(=O)c3cccc(Cl)c3F)CC2)n1.O=C(c1cc(CN2CCN(C(=O)c3cccc(Cl)c3F)CC2)nc(Nc2nccs2)c1)N1CCCC1. The van der Waals surface area contributed by atoms with E-state index >= 15 is 0 Å². The van der Waals surface area contributed by atoms with Crippen molar-refractivity contribution in [1.29, 1.82) is 0 Å². The van der Waals surface area contributed by atoms with Crippen molar-refractivity contribution in [3.63, 3.8) is 0 Å². The average Bonchev–Trinajstić information content (AvgIpc) is 4.19. The van der Waals surface area contributed by atoms with Crippen molar-refractivity contribution in [2.45, 2.75) is 32.7 Å². The summed E-state index contributed by atoms with van der Waals surface area (Å²) in [5.74, 6) is -2.36. The summed E-state index contributed by atoms with van der Waals surface area (Å²) in [7, 11) is 1.58. The molecule has 2 N–H and O–H groups in total. The molecule has 3 aliphatic heterocycles. The first-order valence-corrected chi connectivity index (χ1v) is 25.1. The third-order valence-corrected chi connectivity index (χ3v) is 14.0. The van der Waals surface area contributed by atoms with Gasteiger partial charge in [-0.1, -0.05) is 35.3 Å². The van der Waals surface area contributed by atoms with E-state index in [-0.39, 0.29) is 44.4 Å². The quantitative estimate of drug-likeness (QED) is 0.116. The zero-order chi connectivity index (χ0) is 50.0. The fourth-order valence-corrected chi connectivity index (χ4v) is 9.87. The lowest BCUT2D eigenvalue weighted by Crippen LogP contribution is -2.48. The molecular formula is C48H49Cl2F2N11O6S2. The number of carboxylic acids is 1. The minimum absolute atomic E-state index is 0.0105. The number of carboxylic acid groups (broad SMARTS) is 1. The summed E-state index contributed by atoms with van der Waals surface area (Å²) < 4.78 is 35.5. The number of aromatic nitrogens is 4. The molecule has 0 radical (unpaired) electrons. The van der Waals surface area contributed by atoms with E-state index in [0.717, 1.165) is 31.6 Å². The summed E-state index contributed by atoms with van der Waals surface area (Å²) in [6.07, 6.45) is 5.58. The number of hydrogen-bond acceptors (Lipinski definition) is 14. The van der Waals surface area contributed by atoms with Gasteiger partial charge in [0.25, 0.3) is 17.7 Å². The number of anilines is 2. The van der Waals surface area contributed by atoms with Crippen molar-refractivity contribution < 1.29 is 37.8 Å². The van der Waals surface area contributed by atoms with Gasteiger partial charge in [-0.15, -0.1) is 22.7 Å². The standard InChI is InChI=1S/C25H26ClFN6O2S.C23H23ClFN5O4S/c26-20-5-3-4-19(22(20)27)24(35)33-11-9-31(10-12-33)16-18-14-17(23(34)32-7-1-2-8-32)15-21(29-18)30-25-28-6-13-36-25;1-34-14-30-9-10-35-23(30)27-19-12-15(22(32)33)11-16(26-19)13-28-5-7-29(8-6-28)21(31)17-3-2-4-18(24)20(17)25/h3-6,13-15H,1-2,7-12,16H2,(H,28,29,30);2-4,9-12H,5-8,13-14H2,1H3,(H,32,33). The minimum Gasteiger partial charge on any atom is -0.478 e. The smallest absolute Gasteiger partial charge is 0.335 e. The predicted molar refractivity (Wildman–Crippen MR) is 266 cm³/mol. The van der Waals surface area contributed by atoms with E-state index in [1.54, 1.807) is 45.9 Å². The lowest BCUT2D eigenvalue weighted by Gasteiger charge is -2.34. The number of carbonyl (C=O) groups excluding carboxylic acids is 3. The molecule has 23 heteroatoms. The molecular weight excluding hydrogens is 1000 g/mol. The van der Waals surface area contributed by atoms with Gasteiger partial charge in [0.2, 0.25) is 0 Å². The van der Waals surface area contributed by atoms with Gasteiger partial charge in [-0.2, -0.15) is 0 Å². The normalized spacial score (nSPS) is 15.7. The molecule has 3 saturated heterocycles. The number of halogens is 4. The molecule has 3 amide bonds. The van der Waals surface area contributed by atoms with Crippen molar-refractivity contribution >= 4 is 86.3 Å². The maximum atomic E-state index is 14.3. The molecule has 372 valence electrons. The summed E-state index contributed by atoms with van der Waals surface area (Å²) in [6, 6.07) is 15.4. The van der Waals surface area contributed by atoms with Crippen molar-refractivity contribution in [2.24, 2.45) is 4.99 Å². The average molecular weight is 1050 g/mol.